The number of carboxylic acid groups (broad SMARTS) is 1. The van der Waals surface area contributed by atoms with Gasteiger partial charge >= 0.3 is 5.97 Å². The minimum atomic E-state index is -1.03. The molecular weight excluding hydrogens is 346 g/mol. The second kappa shape index (κ2) is 8.58. The predicted molar refractivity (Wildman–Crippen MR) is 102 cm³/mol. The van der Waals surface area contributed by atoms with Crippen molar-refractivity contribution >= 4 is 11.9 Å². The fourth-order valence-corrected chi connectivity index (χ4v) is 2.94. The highest BCUT2D eigenvalue weighted by atomic mass is 16.5. The number of hydrogen-bond acceptors (Lipinski definition) is 4. The Hall–Kier alpha value is -3.02. The lowest BCUT2D eigenvalue weighted by Gasteiger charge is -2.31. The molecule has 0 aliphatic heterocycles. The van der Waals surface area contributed by atoms with Gasteiger partial charge in [-0.05, 0) is 37.6 Å². The highest BCUT2D eigenvalue weighted by Crippen LogP contribution is 2.33. The van der Waals surface area contributed by atoms with Crippen LogP contribution in [0.3, 0.4) is 0 Å². The van der Waals surface area contributed by atoms with Gasteiger partial charge in [-0.2, -0.15) is 0 Å². The van der Waals surface area contributed by atoms with Crippen LogP contribution >= 0.6 is 0 Å². The zero-order chi connectivity index (χ0) is 20.0. The number of rotatable bonds is 8. The molecule has 0 atom stereocenters. The summed E-state index contributed by atoms with van der Waals surface area (Å²) in [6, 6.07) is 14.5. The summed E-state index contributed by atoms with van der Waals surface area (Å²) in [5, 5.41) is 8.64. The lowest BCUT2D eigenvalue weighted by atomic mass is 9.82. The van der Waals surface area contributed by atoms with Crippen LogP contribution in [0.4, 0.5) is 0 Å². The third-order valence-corrected chi connectivity index (χ3v) is 4.37. The summed E-state index contributed by atoms with van der Waals surface area (Å²) in [6.45, 7) is 3.81. The topological polar surface area (TPSA) is 76.1 Å². The molecule has 1 N–H and O–H groups in total. The number of aliphatic carboxylic acids is 1. The van der Waals surface area contributed by atoms with Crippen LogP contribution in [-0.4, -0.2) is 42.6 Å². The van der Waals surface area contributed by atoms with Crippen LogP contribution < -0.4 is 9.47 Å². The van der Waals surface area contributed by atoms with E-state index in [1.165, 1.54) is 0 Å². The van der Waals surface area contributed by atoms with Crippen LogP contribution in [-0.2, 0) is 21.5 Å². The van der Waals surface area contributed by atoms with Gasteiger partial charge in [0.25, 0.3) is 0 Å². The molecule has 0 bridgehead atoms. The normalized spacial score (nSPS) is 11.0. The molecule has 0 unspecified atom stereocenters. The Balaban J connectivity index is 2.09. The molecular formula is C21H25NO5. The maximum absolute atomic E-state index is 13.1. The quantitative estimate of drug-likeness (QED) is 0.772. The van der Waals surface area contributed by atoms with E-state index in [0.717, 1.165) is 11.1 Å². The highest BCUT2D eigenvalue weighted by molar-refractivity contribution is 5.88. The molecule has 2 aromatic carbocycles. The number of nitrogens with zero attached hydrogens (tertiary/aromatic N) is 1. The van der Waals surface area contributed by atoms with E-state index in [-0.39, 0.29) is 12.5 Å². The zero-order valence-corrected chi connectivity index (χ0v) is 16.1. The Kier molecular flexibility index (Phi) is 6.45. The summed E-state index contributed by atoms with van der Waals surface area (Å²) < 4.78 is 10.5. The van der Waals surface area contributed by atoms with Crippen LogP contribution in [0.1, 0.15) is 25.0 Å². The van der Waals surface area contributed by atoms with Crippen LogP contribution in [0.2, 0.25) is 0 Å². The van der Waals surface area contributed by atoms with Crippen molar-refractivity contribution in [1.82, 2.24) is 4.90 Å². The number of ether oxygens (including phenoxy) is 2. The van der Waals surface area contributed by atoms with Crippen molar-refractivity contribution in [3.05, 3.63) is 59.7 Å². The number of carboxylic acids is 1. The van der Waals surface area contributed by atoms with Gasteiger partial charge in [0.05, 0.1) is 12.5 Å². The Bertz CT molecular complexity index is 798. The number of likely N-dealkylation sites (N-methyl/N-ethyl adjacent to an activating group) is 1. The standard InChI is InChI=1S/C21H25NO5/c1-21(2,17-7-5-6-8-18(17)26-4)20(25)22(3)13-15-9-11-16(12-10-15)27-14-19(23)24/h5-12H,13-14H2,1-4H3,(H,23,24). The maximum atomic E-state index is 13.1. The van der Waals surface area contributed by atoms with Crippen molar-refractivity contribution in [2.75, 3.05) is 20.8 Å². The number of hydrogen-bond donors (Lipinski definition) is 1. The van der Waals surface area contributed by atoms with E-state index in [9.17, 15) is 9.59 Å². The van der Waals surface area contributed by atoms with Gasteiger partial charge in [0.1, 0.15) is 11.5 Å². The lowest BCUT2D eigenvalue weighted by molar-refractivity contribution is -0.139. The second-order valence-electron chi connectivity index (χ2n) is 6.81. The first-order valence-electron chi connectivity index (χ1n) is 8.58. The van der Waals surface area contributed by atoms with Crippen LogP contribution in [0, 0.1) is 0 Å². The maximum Gasteiger partial charge on any atom is 0.341 e. The first-order valence-corrected chi connectivity index (χ1v) is 8.58. The van der Waals surface area contributed by atoms with Gasteiger partial charge in [0.2, 0.25) is 5.91 Å². The Morgan fingerprint density at radius 1 is 1.07 bits per heavy atom. The van der Waals surface area contributed by atoms with Gasteiger partial charge < -0.3 is 19.5 Å². The van der Waals surface area contributed by atoms with E-state index in [0.29, 0.717) is 18.0 Å². The third-order valence-electron chi connectivity index (χ3n) is 4.37. The molecule has 0 spiro atoms. The number of benzene rings is 2. The Labute approximate surface area is 159 Å². The van der Waals surface area contributed by atoms with E-state index >= 15 is 0 Å². The van der Waals surface area contributed by atoms with Crippen molar-refractivity contribution in [3.8, 4) is 11.5 Å². The van der Waals surface area contributed by atoms with E-state index in [1.807, 2.05) is 50.2 Å². The van der Waals surface area contributed by atoms with E-state index in [2.05, 4.69) is 0 Å². The predicted octanol–water partition coefficient (Wildman–Crippen LogP) is 3.09. The molecule has 0 aliphatic carbocycles. The smallest absolute Gasteiger partial charge is 0.341 e. The molecule has 2 aromatic rings. The highest BCUT2D eigenvalue weighted by Gasteiger charge is 2.34. The Morgan fingerprint density at radius 2 is 1.70 bits per heavy atom. The van der Waals surface area contributed by atoms with Gasteiger partial charge in [-0.15, -0.1) is 0 Å². The fraction of sp³-hybridized carbons (Fsp3) is 0.333. The lowest BCUT2D eigenvalue weighted by Crippen LogP contribution is -2.41. The largest absolute Gasteiger partial charge is 0.496 e. The number of carbonyl (C=O) groups excluding carboxylic acids is 1. The summed E-state index contributed by atoms with van der Waals surface area (Å²) in [4.78, 5) is 25.3. The monoisotopic (exact) mass is 371 g/mol. The van der Waals surface area contributed by atoms with E-state index in [4.69, 9.17) is 14.6 Å². The average Bonchev–Trinajstić information content (AvgIpc) is 2.66. The first kappa shape index (κ1) is 20.3. The fourth-order valence-electron chi connectivity index (χ4n) is 2.94. The minimum Gasteiger partial charge on any atom is -0.496 e. The molecule has 27 heavy (non-hydrogen) atoms. The average molecular weight is 371 g/mol. The van der Waals surface area contributed by atoms with Crippen LogP contribution in [0.15, 0.2) is 48.5 Å². The minimum absolute atomic E-state index is 0.0294. The van der Waals surface area contributed by atoms with Gasteiger partial charge in [0, 0.05) is 19.2 Å². The molecule has 0 heterocycles. The zero-order valence-electron chi connectivity index (χ0n) is 16.1. The van der Waals surface area contributed by atoms with Crippen molar-refractivity contribution in [1.29, 1.82) is 0 Å². The molecule has 2 rings (SSSR count). The molecule has 6 nitrogen and oxygen atoms in total. The molecule has 0 fully saturated rings. The van der Waals surface area contributed by atoms with Gasteiger partial charge in [-0.1, -0.05) is 30.3 Å². The third kappa shape index (κ3) is 5.00. The summed E-state index contributed by atoms with van der Waals surface area (Å²) in [7, 11) is 3.35. The van der Waals surface area contributed by atoms with Gasteiger partial charge in [0.15, 0.2) is 6.61 Å². The van der Waals surface area contributed by atoms with Crippen molar-refractivity contribution in [2.45, 2.75) is 25.8 Å². The molecule has 0 aliphatic rings. The SMILES string of the molecule is COc1ccccc1C(C)(C)C(=O)N(C)Cc1ccc(OCC(=O)O)cc1. The van der Waals surface area contributed by atoms with Crippen molar-refractivity contribution in [3.63, 3.8) is 0 Å². The number of amides is 1. The number of carbonyl (C=O) groups is 2. The molecule has 144 valence electrons. The Morgan fingerprint density at radius 3 is 2.30 bits per heavy atom. The molecule has 0 radical (unpaired) electrons. The van der Waals surface area contributed by atoms with E-state index < -0.39 is 11.4 Å². The summed E-state index contributed by atoms with van der Waals surface area (Å²) >= 11 is 0. The van der Waals surface area contributed by atoms with Crippen molar-refractivity contribution in [2.24, 2.45) is 0 Å². The summed E-state index contributed by atoms with van der Waals surface area (Å²) in [6.07, 6.45) is 0. The van der Waals surface area contributed by atoms with Crippen LogP contribution in [0.25, 0.3) is 0 Å². The van der Waals surface area contributed by atoms with Gasteiger partial charge in [-0.3, -0.25) is 4.79 Å². The van der Waals surface area contributed by atoms with Crippen LogP contribution in [0.5, 0.6) is 11.5 Å². The summed E-state index contributed by atoms with van der Waals surface area (Å²) in [5.41, 5.74) is 1.01. The summed E-state index contributed by atoms with van der Waals surface area (Å²) in [5.74, 6) is 0.106. The molecule has 6 heteroatoms. The van der Waals surface area contributed by atoms with Crippen molar-refractivity contribution < 1.29 is 24.2 Å². The molecule has 0 aromatic heterocycles. The molecule has 1 amide bonds. The number of para-hydroxylation sites is 1. The number of methoxy groups -OCH3 is 1. The molecule has 0 saturated heterocycles. The second-order valence-corrected chi connectivity index (χ2v) is 6.81. The molecule has 0 saturated carbocycles. The van der Waals surface area contributed by atoms with E-state index in [1.54, 1.807) is 31.2 Å². The van der Waals surface area contributed by atoms with Gasteiger partial charge in [-0.25, -0.2) is 4.79 Å². The first-order chi connectivity index (χ1) is 12.8.